The van der Waals surface area contributed by atoms with Crippen molar-refractivity contribution >= 4 is 23.5 Å². The van der Waals surface area contributed by atoms with Gasteiger partial charge >= 0.3 is 0 Å². The Labute approximate surface area is 148 Å². The molecule has 0 radical (unpaired) electrons. The minimum atomic E-state index is -0.141. The molecule has 1 saturated heterocycles. The first-order valence-electron chi connectivity index (χ1n) is 8.60. The lowest BCUT2D eigenvalue weighted by Crippen LogP contribution is -2.47. The van der Waals surface area contributed by atoms with Crippen molar-refractivity contribution in [1.29, 1.82) is 0 Å². The number of nitrogens with one attached hydrogen (secondary N) is 3. The number of anilines is 1. The highest BCUT2D eigenvalue weighted by Gasteiger charge is 2.27. The fourth-order valence-electron chi connectivity index (χ4n) is 2.72. The standard InChI is InChI=1S/C18H27N5O2/c1-13(2)17(25)23-10-9-15(12-23)22-18(19-3)20-11-16(24)21-14-7-5-4-6-8-14/h4-8,13,15H,9-12H2,1-3H3,(H,21,24)(H2,19,20,22). The number of amides is 2. The number of likely N-dealkylation sites (tertiary alicyclic amines) is 1. The van der Waals surface area contributed by atoms with E-state index in [1.807, 2.05) is 49.1 Å². The second kappa shape index (κ2) is 9.05. The van der Waals surface area contributed by atoms with Crippen LogP contribution in [0.15, 0.2) is 35.3 Å². The van der Waals surface area contributed by atoms with Gasteiger partial charge in [-0.3, -0.25) is 14.6 Å². The molecule has 0 aliphatic carbocycles. The van der Waals surface area contributed by atoms with Gasteiger partial charge in [0, 0.05) is 37.8 Å². The Kier molecular flexibility index (Phi) is 6.80. The van der Waals surface area contributed by atoms with Crippen LogP contribution in [0.3, 0.4) is 0 Å². The largest absolute Gasteiger partial charge is 0.352 e. The quantitative estimate of drug-likeness (QED) is 0.550. The van der Waals surface area contributed by atoms with Crippen molar-refractivity contribution in [3.8, 4) is 0 Å². The van der Waals surface area contributed by atoms with Gasteiger partial charge in [0.25, 0.3) is 0 Å². The average Bonchev–Trinajstić information content (AvgIpc) is 3.07. The lowest BCUT2D eigenvalue weighted by atomic mass is 10.2. The molecule has 0 bridgehead atoms. The van der Waals surface area contributed by atoms with Gasteiger partial charge in [-0.15, -0.1) is 0 Å². The Morgan fingerprint density at radius 3 is 2.64 bits per heavy atom. The number of guanidine groups is 1. The molecule has 2 rings (SSSR count). The maximum absolute atomic E-state index is 12.0. The third-order valence-electron chi connectivity index (χ3n) is 4.03. The summed E-state index contributed by atoms with van der Waals surface area (Å²) in [6.45, 7) is 5.36. The molecule has 0 aromatic heterocycles. The smallest absolute Gasteiger partial charge is 0.243 e. The lowest BCUT2D eigenvalue weighted by Gasteiger charge is -2.20. The zero-order valence-electron chi connectivity index (χ0n) is 15.1. The summed E-state index contributed by atoms with van der Waals surface area (Å²) in [5.41, 5.74) is 0.760. The molecule has 7 nitrogen and oxygen atoms in total. The van der Waals surface area contributed by atoms with Crippen LogP contribution in [0.25, 0.3) is 0 Å². The fourth-order valence-corrected chi connectivity index (χ4v) is 2.72. The van der Waals surface area contributed by atoms with Crippen LogP contribution in [0.5, 0.6) is 0 Å². The summed E-state index contributed by atoms with van der Waals surface area (Å²) in [5.74, 6) is 0.608. The van der Waals surface area contributed by atoms with Crippen molar-refractivity contribution in [2.75, 3.05) is 32.0 Å². The number of hydrogen-bond donors (Lipinski definition) is 3. The maximum atomic E-state index is 12.0. The van der Waals surface area contributed by atoms with Gasteiger partial charge in [0.1, 0.15) is 0 Å². The molecule has 1 aliphatic rings. The Bertz CT molecular complexity index is 615. The first-order valence-corrected chi connectivity index (χ1v) is 8.60. The lowest BCUT2D eigenvalue weighted by molar-refractivity contribution is -0.133. The van der Waals surface area contributed by atoms with Gasteiger partial charge in [0.2, 0.25) is 11.8 Å². The van der Waals surface area contributed by atoms with Crippen molar-refractivity contribution < 1.29 is 9.59 Å². The summed E-state index contributed by atoms with van der Waals surface area (Å²) in [6, 6.07) is 9.45. The first kappa shape index (κ1) is 18.8. The second-order valence-electron chi connectivity index (χ2n) is 6.41. The highest BCUT2D eigenvalue weighted by atomic mass is 16.2. The normalized spacial score (nSPS) is 17.5. The van der Waals surface area contributed by atoms with Crippen LogP contribution in [-0.4, -0.2) is 55.4 Å². The number of benzene rings is 1. The summed E-state index contributed by atoms with van der Waals surface area (Å²) in [6.07, 6.45) is 0.870. The number of hydrogen-bond acceptors (Lipinski definition) is 3. The van der Waals surface area contributed by atoms with Crippen LogP contribution < -0.4 is 16.0 Å². The molecule has 1 fully saturated rings. The molecule has 1 aromatic carbocycles. The molecule has 1 atom stereocenters. The van der Waals surface area contributed by atoms with Crippen LogP contribution in [-0.2, 0) is 9.59 Å². The van der Waals surface area contributed by atoms with E-state index >= 15 is 0 Å². The van der Waals surface area contributed by atoms with E-state index in [9.17, 15) is 9.59 Å². The minimum Gasteiger partial charge on any atom is -0.352 e. The summed E-state index contributed by atoms with van der Waals surface area (Å²) >= 11 is 0. The predicted octanol–water partition coefficient (Wildman–Crippen LogP) is 1.05. The number of aliphatic imine (C=N–C) groups is 1. The SMILES string of the molecule is CN=C(NCC(=O)Nc1ccccc1)NC1CCN(C(=O)C(C)C)C1. The molecule has 7 heteroatoms. The van der Waals surface area contributed by atoms with Crippen molar-refractivity contribution in [3.05, 3.63) is 30.3 Å². The Morgan fingerprint density at radius 1 is 1.28 bits per heavy atom. The van der Waals surface area contributed by atoms with Crippen LogP contribution in [0.1, 0.15) is 20.3 Å². The first-order chi connectivity index (χ1) is 12.0. The predicted molar refractivity (Wildman–Crippen MR) is 99.4 cm³/mol. The second-order valence-corrected chi connectivity index (χ2v) is 6.41. The van der Waals surface area contributed by atoms with E-state index in [1.165, 1.54) is 0 Å². The molecule has 1 aromatic rings. The van der Waals surface area contributed by atoms with Crippen molar-refractivity contribution in [3.63, 3.8) is 0 Å². The zero-order chi connectivity index (χ0) is 18.2. The molecule has 2 amide bonds. The molecule has 25 heavy (non-hydrogen) atoms. The van der Waals surface area contributed by atoms with E-state index in [1.54, 1.807) is 7.05 Å². The molecule has 1 heterocycles. The van der Waals surface area contributed by atoms with E-state index in [0.717, 1.165) is 18.7 Å². The monoisotopic (exact) mass is 345 g/mol. The van der Waals surface area contributed by atoms with E-state index in [0.29, 0.717) is 12.5 Å². The van der Waals surface area contributed by atoms with Gasteiger partial charge in [-0.05, 0) is 18.6 Å². The molecule has 1 aliphatic heterocycles. The van der Waals surface area contributed by atoms with Gasteiger partial charge in [-0.2, -0.15) is 0 Å². The number of nitrogens with zero attached hydrogens (tertiary/aromatic N) is 2. The van der Waals surface area contributed by atoms with Crippen LogP contribution in [0.2, 0.25) is 0 Å². The summed E-state index contributed by atoms with van der Waals surface area (Å²) in [7, 11) is 1.66. The molecule has 3 N–H and O–H groups in total. The van der Waals surface area contributed by atoms with Gasteiger partial charge in [0.15, 0.2) is 5.96 Å². The van der Waals surface area contributed by atoms with Crippen molar-refractivity contribution in [2.45, 2.75) is 26.3 Å². The summed E-state index contributed by atoms with van der Waals surface area (Å²) in [4.78, 5) is 30.0. The Morgan fingerprint density at radius 2 is 2.00 bits per heavy atom. The number of carbonyl (C=O) groups excluding carboxylic acids is 2. The summed E-state index contributed by atoms with van der Waals surface area (Å²) in [5, 5.41) is 9.09. The van der Waals surface area contributed by atoms with Crippen LogP contribution >= 0.6 is 0 Å². The molecule has 0 saturated carbocycles. The van der Waals surface area contributed by atoms with E-state index in [4.69, 9.17) is 0 Å². The van der Waals surface area contributed by atoms with Gasteiger partial charge in [-0.25, -0.2) is 0 Å². The summed E-state index contributed by atoms with van der Waals surface area (Å²) < 4.78 is 0. The van der Waals surface area contributed by atoms with E-state index < -0.39 is 0 Å². The molecular weight excluding hydrogens is 318 g/mol. The highest BCUT2D eigenvalue weighted by molar-refractivity contribution is 5.95. The maximum Gasteiger partial charge on any atom is 0.243 e. The fraction of sp³-hybridized carbons (Fsp3) is 0.500. The van der Waals surface area contributed by atoms with Gasteiger partial charge in [0.05, 0.1) is 6.54 Å². The van der Waals surface area contributed by atoms with Gasteiger partial charge in [-0.1, -0.05) is 32.0 Å². The molecular formula is C18H27N5O2. The van der Waals surface area contributed by atoms with Gasteiger partial charge < -0.3 is 20.9 Å². The minimum absolute atomic E-state index is 0.0119. The third kappa shape index (κ3) is 5.77. The molecule has 0 spiro atoms. The molecule has 1 unspecified atom stereocenters. The zero-order valence-corrected chi connectivity index (χ0v) is 15.1. The van der Waals surface area contributed by atoms with Crippen LogP contribution in [0.4, 0.5) is 5.69 Å². The van der Waals surface area contributed by atoms with Crippen molar-refractivity contribution in [1.82, 2.24) is 15.5 Å². The molecule has 136 valence electrons. The Hall–Kier alpha value is -2.57. The topological polar surface area (TPSA) is 85.8 Å². The van der Waals surface area contributed by atoms with E-state index in [-0.39, 0.29) is 30.3 Å². The van der Waals surface area contributed by atoms with Crippen molar-refractivity contribution in [2.24, 2.45) is 10.9 Å². The Balaban J connectivity index is 1.76. The number of rotatable bonds is 5. The average molecular weight is 345 g/mol. The number of carbonyl (C=O) groups is 2. The van der Waals surface area contributed by atoms with Crippen LogP contribution in [0, 0.1) is 5.92 Å². The highest BCUT2D eigenvalue weighted by Crippen LogP contribution is 2.12. The third-order valence-corrected chi connectivity index (χ3v) is 4.03. The van der Waals surface area contributed by atoms with E-state index in [2.05, 4.69) is 20.9 Å². The number of para-hydroxylation sites is 1.